The van der Waals surface area contributed by atoms with Crippen LogP contribution in [0.3, 0.4) is 0 Å². The summed E-state index contributed by atoms with van der Waals surface area (Å²) in [4.78, 5) is 25.7. The van der Waals surface area contributed by atoms with Crippen molar-refractivity contribution in [3.05, 3.63) is 23.8 Å². The molecular weight excluding hydrogens is 346 g/mol. The third kappa shape index (κ3) is 6.17. The Morgan fingerprint density at radius 1 is 1.22 bits per heavy atom. The van der Waals surface area contributed by atoms with Crippen LogP contribution in [0.5, 0.6) is 11.5 Å². The van der Waals surface area contributed by atoms with Crippen molar-refractivity contribution in [3.8, 4) is 17.6 Å². The predicted octanol–water partition coefficient (Wildman–Crippen LogP) is 1.90. The van der Waals surface area contributed by atoms with Crippen molar-refractivity contribution in [2.45, 2.75) is 32.1 Å². The third-order valence-electron chi connectivity index (χ3n) is 4.87. The number of benzene rings is 1. The number of nitrogens with one attached hydrogen (secondary N) is 1. The number of methoxy groups -OCH3 is 2. The molecule has 0 saturated carbocycles. The lowest BCUT2D eigenvalue weighted by Crippen LogP contribution is -2.41. The number of aryl methyl sites for hydroxylation is 1. The lowest BCUT2D eigenvalue weighted by Gasteiger charge is -2.32. The average molecular weight is 373 g/mol. The van der Waals surface area contributed by atoms with Crippen molar-refractivity contribution in [2.75, 3.05) is 33.9 Å². The standard InChI is InChI=1S/C20H27N3O4/c1-26-17-5-3-15(13-18(17)27-2)4-6-20(25)23-11-8-16(9-12-23)14-22-19(24)7-10-21/h3,5,13,16H,4,6-9,11-12,14H2,1-2H3,(H,22,24). The summed E-state index contributed by atoms with van der Waals surface area (Å²) in [5.41, 5.74) is 1.04. The van der Waals surface area contributed by atoms with Crippen molar-refractivity contribution >= 4 is 11.8 Å². The molecule has 1 N–H and O–H groups in total. The van der Waals surface area contributed by atoms with Crippen molar-refractivity contribution < 1.29 is 19.1 Å². The second-order valence-electron chi connectivity index (χ2n) is 6.65. The Morgan fingerprint density at radius 2 is 1.93 bits per heavy atom. The quantitative estimate of drug-likeness (QED) is 0.751. The molecule has 0 aliphatic carbocycles. The average Bonchev–Trinajstić information content (AvgIpc) is 2.70. The minimum absolute atomic E-state index is 0.104. The molecule has 7 nitrogen and oxygen atoms in total. The predicted molar refractivity (Wildman–Crippen MR) is 100 cm³/mol. The maximum atomic E-state index is 12.5. The molecule has 1 heterocycles. The number of carbonyl (C=O) groups excluding carboxylic acids is 2. The van der Waals surface area contributed by atoms with Crippen LogP contribution >= 0.6 is 0 Å². The zero-order valence-corrected chi connectivity index (χ0v) is 16.0. The second-order valence-corrected chi connectivity index (χ2v) is 6.65. The first kappa shape index (κ1) is 20.6. The number of likely N-dealkylation sites (tertiary alicyclic amines) is 1. The topological polar surface area (TPSA) is 91.7 Å². The van der Waals surface area contributed by atoms with Gasteiger partial charge in [-0.3, -0.25) is 9.59 Å². The number of amides is 2. The van der Waals surface area contributed by atoms with Crippen molar-refractivity contribution in [2.24, 2.45) is 5.92 Å². The molecule has 2 amide bonds. The lowest BCUT2D eigenvalue weighted by molar-refractivity contribution is -0.132. The van der Waals surface area contributed by atoms with Gasteiger partial charge in [-0.15, -0.1) is 0 Å². The first-order chi connectivity index (χ1) is 13.1. The molecule has 146 valence electrons. The van der Waals surface area contributed by atoms with Crippen LogP contribution in [0.15, 0.2) is 18.2 Å². The van der Waals surface area contributed by atoms with Gasteiger partial charge in [0.25, 0.3) is 0 Å². The van der Waals surface area contributed by atoms with E-state index in [1.165, 1.54) is 0 Å². The SMILES string of the molecule is COc1ccc(CCC(=O)N2CCC(CNC(=O)CC#N)CC2)cc1OC. The fraction of sp³-hybridized carbons (Fsp3) is 0.550. The number of hydrogen-bond acceptors (Lipinski definition) is 5. The van der Waals surface area contributed by atoms with Crippen LogP contribution in [0.2, 0.25) is 0 Å². The Kier molecular flexibility index (Phi) is 7.93. The van der Waals surface area contributed by atoms with Crippen LogP contribution in [0, 0.1) is 17.2 Å². The van der Waals surface area contributed by atoms with Gasteiger partial charge >= 0.3 is 0 Å². The summed E-state index contributed by atoms with van der Waals surface area (Å²) in [5, 5.41) is 11.3. The molecule has 0 radical (unpaired) electrons. The number of carbonyl (C=O) groups is 2. The Hall–Kier alpha value is -2.75. The van der Waals surface area contributed by atoms with E-state index in [-0.39, 0.29) is 18.2 Å². The number of nitrogens with zero attached hydrogens (tertiary/aromatic N) is 2. The van der Waals surface area contributed by atoms with E-state index in [9.17, 15) is 9.59 Å². The first-order valence-electron chi connectivity index (χ1n) is 9.19. The van der Waals surface area contributed by atoms with E-state index in [4.69, 9.17) is 14.7 Å². The molecule has 0 spiro atoms. The van der Waals surface area contributed by atoms with Gasteiger partial charge in [0, 0.05) is 26.1 Å². The van der Waals surface area contributed by atoms with Gasteiger partial charge in [-0.05, 0) is 42.9 Å². The maximum Gasteiger partial charge on any atom is 0.234 e. The van der Waals surface area contributed by atoms with E-state index >= 15 is 0 Å². The number of rotatable bonds is 8. The minimum atomic E-state index is -0.231. The summed E-state index contributed by atoms with van der Waals surface area (Å²) in [7, 11) is 3.19. The summed E-state index contributed by atoms with van der Waals surface area (Å²) < 4.78 is 10.5. The Morgan fingerprint density at radius 3 is 2.56 bits per heavy atom. The van der Waals surface area contributed by atoms with E-state index < -0.39 is 0 Å². The summed E-state index contributed by atoms with van der Waals surface area (Å²) in [5.74, 6) is 1.63. The molecule has 1 aliphatic rings. The highest BCUT2D eigenvalue weighted by molar-refractivity contribution is 5.78. The molecule has 1 aliphatic heterocycles. The molecule has 0 atom stereocenters. The molecule has 0 bridgehead atoms. The van der Waals surface area contributed by atoms with Gasteiger partial charge in [0.15, 0.2) is 11.5 Å². The molecule has 1 fully saturated rings. The molecule has 1 aromatic rings. The third-order valence-corrected chi connectivity index (χ3v) is 4.87. The Labute approximate surface area is 160 Å². The molecule has 1 saturated heterocycles. The highest BCUT2D eigenvalue weighted by Crippen LogP contribution is 2.28. The number of ether oxygens (including phenoxy) is 2. The van der Waals surface area contributed by atoms with Crippen LogP contribution in [-0.2, 0) is 16.0 Å². The Bertz CT molecular complexity index is 691. The first-order valence-corrected chi connectivity index (χ1v) is 9.19. The van der Waals surface area contributed by atoms with Gasteiger partial charge < -0.3 is 19.7 Å². The van der Waals surface area contributed by atoms with E-state index in [1.807, 2.05) is 29.2 Å². The van der Waals surface area contributed by atoms with Crippen LogP contribution in [0.25, 0.3) is 0 Å². The lowest BCUT2D eigenvalue weighted by atomic mass is 9.96. The van der Waals surface area contributed by atoms with Gasteiger partial charge in [-0.25, -0.2) is 0 Å². The summed E-state index contributed by atoms with van der Waals surface area (Å²) in [6, 6.07) is 7.54. The minimum Gasteiger partial charge on any atom is -0.493 e. The largest absolute Gasteiger partial charge is 0.493 e. The fourth-order valence-corrected chi connectivity index (χ4v) is 3.22. The van der Waals surface area contributed by atoms with Gasteiger partial charge in [-0.2, -0.15) is 5.26 Å². The second kappa shape index (κ2) is 10.4. The van der Waals surface area contributed by atoms with E-state index in [0.29, 0.717) is 49.9 Å². The molecule has 27 heavy (non-hydrogen) atoms. The molecule has 1 aromatic carbocycles. The van der Waals surface area contributed by atoms with Gasteiger partial charge in [0.05, 0.1) is 20.3 Å². The van der Waals surface area contributed by atoms with E-state index in [0.717, 1.165) is 18.4 Å². The molecular formula is C20H27N3O4. The van der Waals surface area contributed by atoms with Crippen LogP contribution < -0.4 is 14.8 Å². The van der Waals surface area contributed by atoms with Crippen molar-refractivity contribution in [1.29, 1.82) is 5.26 Å². The monoisotopic (exact) mass is 373 g/mol. The molecule has 0 aromatic heterocycles. The van der Waals surface area contributed by atoms with Gasteiger partial charge in [0.1, 0.15) is 6.42 Å². The van der Waals surface area contributed by atoms with Crippen molar-refractivity contribution in [1.82, 2.24) is 10.2 Å². The fourth-order valence-electron chi connectivity index (χ4n) is 3.22. The van der Waals surface area contributed by atoms with Crippen LogP contribution in [0.4, 0.5) is 0 Å². The summed E-state index contributed by atoms with van der Waals surface area (Å²) in [6.45, 7) is 2.00. The number of piperidine rings is 1. The number of nitriles is 1. The zero-order chi connectivity index (χ0) is 19.6. The summed E-state index contributed by atoms with van der Waals surface area (Å²) in [6.07, 6.45) is 2.75. The van der Waals surface area contributed by atoms with E-state index in [2.05, 4.69) is 5.32 Å². The maximum absolute atomic E-state index is 12.5. The van der Waals surface area contributed by atoms with Gasteiger partial charge in [-0.1, -0.05) is 6.07 Å². The zero-order valence-electron chi connectivity index (χ0n) is 16.0. The molecule has 0 unspecified atom stereocenters. The molecule has 7 heteroatoms. The van der Waals surface area contributed by atoms with Crippen LogP contribution in [-0.4, -0.2) is 50.6 Å². The van der Waals surface area contributed by atoms with Crippen LogP contribution in [0.1, 0.15) is 31.2 Å². The van der Waals surface area contributed by atoms with Crippen molar-refractivity contribution in [3.63, 3.8) is 0 Å². The number of hydrogen-bond donors (Lipinski definition) is 1. The molecule has 2 rings (SSSR count). The van der Waals surface area contributed by atoms with Gasteiger partial charge in [0.2, 0.25) is 11.8 Å². The Balaban J connectivity index is 1.75. The summed E-state index contributed by atoms with van der Waals surface area (Å²) >= 11 is 0. The normalized spacial score (nSPS) is 14.3. The smallest absolute Gasteiger partial charge is 0.234 e. The highest BCUT2D eigenvalue weighted by atomic mass is 16.5. The van der Waals surface area contributed by atoms with E-state index in [1.54, 1.807) is 14.2 Å². The highest BCUT2D eigenvalue weighted by Gasteiger charge is 2.23.